The quantitative estimate of drug-likeness (QED) is 0.496. The topological polar surface area (TPSA) is 83.0 Å². The molecule has 0 aliphatic carbocycles. The fraction of sp³-hybridized carbons (Fsp3) is 0.214. The van der Waals surface area contributed by atoms with Crippen molar-refractivity contribution in [2.75, 3.05) is 6.61 Å². The number of halogens is 4. The Morgan fingerprint density at radius 1 is 1.50 bits per heavy atom. The third-order valence-electron chi connectivity index (χ3n) is 3.46. The maximum atomic E-state index is 14.4. The van der Waals surface area contributed by atoms with Crippen LogP contribution in [0.1, 0.15) is 5.82 Å². The first-order valence-electron chi connectivity index (χ1n) is 6.73. The molecule has 2 heterocycles. The minimum atomic E-state index is -0.878. The number of primary amides is 1. The number of ether oxygens (including phenoxy) is 1. The van der Waals surface area contributed by atoms with E-state index in [-0.39, 0.29) is 34.0 Å². The number of benzene rings is 1. The maximum Gasteiger partial charge on any atom is 0.404 e. The second-order valence-corrected chi connectivity index (χ2v) is 6.32. The highest BCUT2D eigenvalue weighted by atomic mass is 79.9. The monoisotopic (exact) mass is 434 g/mol. The lowest BCUT2D eigenvalue weighted by Gasteiger charge is -2.10. The van der Waals surface area contributed by atoms with E-state index in [1.54, 1.807) is 10.6 Å². The average molecular weight is 436 g/mol. The van der Waals surface area contributed by atoms with Crippen LogP contribution in [-0.2, 0) is 17.2 Å². The van der Waals surface area contributed by atoms with Crippen LogP contribution in [0.25, 0.3) is 21.9 Å². The molecule has 0 saturated heterocycles. The van der Waals surface area contributed by atoms with E-state index in [4.69, 9.17) is 33.7 Å². The van der Waals surface area contributed by atoms with Gasteiger partial charge in [0.1, 0.15) is 23.5 Å². The molecule has 1 amide bonds. The van der Waals surface area contributed by atoms with Gasteiger partial charge in [-0.15, -0.1) is 11.6 Å². The summed E-state index contributed by atoms with van der Waals surface area (Å²) in [4.78, 5) is 19.3. The Hall–Kier alpha value is -1.64. The lowest BCUT2D eigenvalue weighted by atomic mass is 10.2. The van der Waals surface area contributed by atoms with Crippen molar-refractivity contribution in [2.45, 2.75) is 12.4 Å². The Kier molecular flexibility index (Phi) is 4.80. The number of pyridine rings is 1. The number of carbonyl (C=O) groups is 1. The Labute approximate surface area is 153 Å². The van der Waals surface area contributed by atoms with Gasteiger partial charge in [-0.3, -0.25) is 4.98 Å². The van der Waals surface area contributed by atoms with Crippen LogP contribution < -0.4 is 5.73 Å². The van der Waals surface area contributed by atoms with Gasteiger partial charge in [0.15, 0.2) is 5.82 Å². The molecule has 0 fully saturated rings. The summed E-state index contributed by atoms with van der Waals surface area (Å²) in [6.45, 7) is 0.289. The van der Waals surface area contributed by atoms with E-state index in [1.165, 1.54) is 6.20 Å². The van der Waals surface area contributed by atoms with E-state index >= 15 is 0 Å². The lowest BCUT2D eigenvalue weighted by Crippen LogP contribution is -2.17. The molecule has 0 unspecified atom stereocenters. The Morgan fingerprint density at radius 3 is 2.92 bits per heavy atom. The molecule has 0 aliphatic rings. The van der Waals surface area contributed by atoms with Gasteiger partial charge in [-0.05, 0) is 22.0 Å². The van der Waals surface area contributed by atoms with Crippen LogP contribution in [0, 0.1) is 5.82 Å². The minimum absolute atomic E-state index is 0.0290. The summed E-state index contributed by atoms with van der Waals surface area (Å²) in [6, 6.07) is 1.60. The van der Waals surface area contributed by atoms with E-state index in [2.05, 4.69) is 25.9 Å². The number of nitrogens with two attached hydrogens (primary N) is 1. The first-order valence-corrected chi connectivity index (χ1v) is 8.44. The fourth-order valence-corrected chi connectivity index (χ4v) is 3.19. The normalized spacial score (nSPS) is 11.3. The van der Waals surface area contributed by atoms with Crippen molar-refractivity contribution >= 4 is 67.2 Å². The van der Waals surface area contributed by atoms with Gasteiger partial charge in [-0.25, -0.2) is 14.2 Å². The van der Waals surface area contributed by atoms with E-state index in [1.807, 2.05) is 0 Å². The summed E-state index contributed by atoms with van der Waals surface area (Å²) in [6.07, 6.45) is 0.583. The molecule has 0 atom stereocenters. The van der Waals surface area contributed by atoms with Crippen LogP contribution in [0.5, 0.6) is 0 Å². The molecule has 0 radical (unpaired) electrons. The second kappa shape index (κ2) is 6.70. The van der Waals surface area contributed by atoms with Gasteiger partial charge in [-0.1, -0.05) is 11.6 Å². The van der Waals surface area contributed by atoms with Gasteiger partial charge < -0.3 is 15.0 Å². The molecule has 126 valence electrons. The maximum absolute atomic E-state index is 14.4. The van der Waals surface area contributed by atoms with Gasteiger partial charge in [0, 0.05) is 5.39 Å². The largest absolute Gasteiger partial charge is 0.448 e. The number of carbonyl (C=O) groups excluding carboxylic acids is 1. The molecule has 3 rings (SSSR count). The number of amides is 1. The molecule has 6 nitrogen and oxygen atoms in total. The third-order valence-corrected chi connectivity index (χ3v) is 5.00. The van der Waals surface area contributed by atoms with Crippen LogP contribution >= 0.6 is 39.1 Å². The lowest BCUT2D eigenvalue weighted by molar-refractivity contribution is 0.152. The van der Waals surface area contributed by atoms with Crippen molar-refractivity contribution in [2.24, 2.45) is 5.73 Å². The Balaban J connectivity index is 2.26. The molecule has 2 N–H and O–H groups in total. The zero-order valence-corrected chi connectivity index (χ0v) is 15.1. The van der Waals surface area contributed by atoms with Crippen LogP contribution in [0.3, 0.4) is 0 Å². The molecule has 2 aromatic heterocycles. The van der Waals surface area contributed by atoms with E-state index < -0.39 is 11.9 Å². The van der Waals surface area contributed by atoms with Crippen LogP contribution in [0.4, 0.5) is 9.18 Å². The summed E-state index contributed by atoms with van der Waals surface area (Å²) in [5.41, 5.74) is 6.26. The SMILES string of the molecule is NC(=O)OCCn1c(CCl)nc2cnc3c(F)c(Br)c(Cl)cc3c21. The third kappa shape index (κ3) is 2.89. The summed E-state index contributed by atoms with van der Waals surface area (Å²) < 4.78 is 21.1. The van der Waals surface area contributed by atoms with Crippen molar-refractivity contribution in [3.63, 3.8) is 0 Å². The first kappa shape index (κ1) is 17.2. The number of imidazole rings is 1. The highest BCUT2D eigenvalue weighted by molar-refractivity contribution is 9.10. The van der Waals surface area contributed by atoms with Crippen LogP contribution in [0.2, 0.25) is 5.02 Å². The molecule has 0 bridgehead atoms. The van der Waals surface area contributed by atoms with Crippen molar-refractivity contribution in [1.29, 1.82) is 0 Å². The highest BCUT2D eigenvalue weighted by Crippen LogP contribution is 2.35. The molecular weight excluding hydrogens is 426 g/mol. The smallest absolute Gasteiger partial charge is 0.404 e. The fourth-order valence-electron chi connectivity index (χ4n) is 2.49. The Morgan fingerprint density at radius 2 is 2.25 bits per heavy atom. The number of rotatable bonds is 4. The first-order chi connectivity index (χ1) is 11.4. The molecule has 3 aromatic rings. The van der Waals surface area contributed by atoms with Gasteiger partial charge in [0.2, 0.25) is 0 Å². The van der Waals surface area contributed by atoms with Crippen molar-refractivity contribution in [1.82, 2.24) is 14.5 Å². The van der Waals surface area contributed by atoms with E-state index in [9.17, 15) is 9.18 Å². The van der Waals surface area contributed by atoms with Crippen molar-refractivity contribution in [3.8, 4) is 0 Å². The van der Waals surface area contributed by atoms with Gasteiger partial charge in [-0.2, -0.15) is 0 Å². The van der Waals surface area contributed by atoms with Crippen LogP contribution in [0.15, 0.2) is 16.7 Å². The van der Waals surface area contributed by atoms with Crippen molar-refractivity contribution in [3.05, 3.63) is 33.4 Å². The number of aromatic nitrogens is 3. The van der Waals surface area contributed by atoms with Gasteiger partial charge in [0.05, 0.1) is 33.6 Å². The zero-order chi connectivity index (χ0) is 17.4. The molecule has 10 heteroatoms. The van der Waals surface area contributed by atoms with E-state index in [0.29, 0.717) is 22.2 Å². The summed E-state index contributed by atoms with van der Waals surface area (Å²) in [5.74, 6) is 0.0981. The number of alkyl halides is 1. The molecule has 0 aliphatic heterocycles. The highest BCUT2D eigenvalue weighted by Gasteiger charge is 2.18. The molecule has 1 aromatic carbocycles. The van der Waals surface area contributed by atoms with Crippen molar-refractivity contribution < 1.29 is 13.9 Å². The molecule has 24 heavy (non-hydrogen) atoms. The zero-order valence-electron chi connectivity index (χ0n) is 12.0. The summed E-state index contributed by atoms with van der Waals surface area (Å²) >= 11 is 15.1. The molecule has 0 saturated carbocycles. The molecule has 0 spiro atoms. The predicted molar refractivity (Wildman–Crippen MR) is 92.8 cm³/mol. The van der Waals surface area contributed by atoms with Crippen LogP contribution in [-0.4, -0.2) is 27.2 Å². The number of fused-ring (bicyclic) bond motifs is 3. The molecular formula is C14H10BrCl2FN4O2. The summed E-state index contributed by atoms with van der Waals surface area (Å²) in [5, 5.41) is 0.698. The summed E-state index contributed by atoms with van der Waals surface area (Å²) in [7, 11) is 0. The predicted octanol–water partition coefficient (Wildman–Crippen LogP) is 3.97. The second-order valence-electron chi connectivity index (χ2n) is 4.86. The minimum Gasteiger partial charge on any atom is -0.448 e. The number of nitrogens with zero attached hydrogens (tertiary/aromatic N) is 3. The average Bonchev–Trinajstić information content (AvgIpc) is 2.90. The Bertz CT molecular complexity index is 963. The standard InChI is InChI=1S/C14H10BrCl2FN4O2/c15-10-7(17)3-6-12(11(10)18)20-5-8-13(6)22(9(4-16)21-8)1-2-24-14(19)23/h3,5H,1-2,4H2,(H2,19,23). The van der Waals surface area contributed by atoms with E-state index in [0.717, 1.165) is 0 Å². The number of hydrogen-bond acceptors (Lipinski definition) is 4. The number of hydrogen-bond donors (Lipinski definition) is 1. The van der Waals surface area contributed by atoms with Gasteiger partial charge >= 0.3 is 6.09 Å². The van der Waals surface area contributed by atoms with Gasteiger partial charge in [0.25, 0.3) is 0 Å².